The molecule has 1 heterocycles. The lowest BCUT2D eigenvalue weighted by molar-refractivity contribution is -0.129. The minimum Gasteiger partial charge on any atom is -0.477 e. The van der Waals surface area contributed by atoms with Crippen LogP contribution in [-0.2, 0) is 4.79 Å². The number of hydrogen-bond donors (Lipinski definition) is 1. The molecule has 0 spiro atoms. The topological polar surface area (TPSA) is 49.7 Å². The molecule has 22 heavy (non-hydrogen) atoms. The first-order valence-electron chi connectivity index (χ1n) is 7.92. The van der Waals surface area contributed by atoms with E-state index in [2.05, 4.69) is 30.1 Å². The molecule has 0 saturated heterocycles. The summed E-state index contributed by atoms with van der Waals surface area (Å²) in [7, 11) is 0. The van der Waals surface area contributed by atoms with E-state index >= 15 is 0 Å². The number of hydrogen-bond acceptors (Lipinski definition) is 3. The maximum Gasteiger partial charge on any atom is 0.354 e. The van der Waals surface area contributed by atoms with Crippen LogP contribution in [0.15, 0.2) is 45.3 Å². The van der Waals surface area contributed by atoms with E-state index in [-0.39, 0.29) is 5.37 Å². The largest absolute Gasteiger partial charge is 0.477 e. The summed E-state index contributed by atoms with van der Waals surface area (Å²) in [5, 5.41) is 9.26. The Morgan fingerprint density at radius 1 is 1.27 bits per heavy atom. The number of aryl methyl sites for hydroxylation is 1. The first-order chi connectivity index (χ1) is 10.6. The van der Waals surface area contributed by atoms with Gasteiger partial charge in [0.15, 0.2) is 0 Å². The fourth-order valence-corrected chi connectivity index (χ4v) is 4.07. The van der Waals surface area contributed by atoms with E-state index in [1.54, 1.807) is 11.8 Å². The third kappa shape index (κ3) is 3.61. The molecule has 1 unspecified atom stereocenters. The molecular formula is C18H23NO2S. The van der Waals surface area contributed by atoms with Crippen LogP contribution in [-0.4, -0.2) is 22.2 Å². The van der Waals surface area contributed by atoms with Crippen LogP contribution in [0.1, 0.15) is 45.1 Å². The number of benzene rings is 1. The Kier molecular flexibility index (Phi) is 5.83. The van der Waals surface area contributed by atoms with Crippen molar-refractivity contribution >= 4 is 23.4 Å². The van der Waals surface area contributed by atoms with E-state index in [9.17, 15) is 9.90 Å². The van der Waals surface area contributed by atoms with Gasteiger partial charge in [0, 0.05) is 4.90 Å². The van der Waals surface area contributed by atoms with Crippen molar-refractivity contribution in [2.24, 2.45) is 4.99 Å². The third-order valence-electron chi connectivity index (χ3n) is 3.78. The Bertz CT molecular complexity index is 619. The molecule has 1 aliphatic heterocycles. The zero-order valence-electron chi connectivity index (χ0n) is 13.4. The fourth-order valence-electron chi connectivity index (χ4n) is 2.84. The van der Waals surface area contributed by atoms with Crippen LogP contribution >= 0.6 is 11.8 Å². The molecule has 0 saturated carbocycles. The zero-order valence-corrected chi connectivity index (χ0v) is 14.2. The summed E-state index contributed by atoms with van der Waals surface area (Å²) in [6, 6.07) is 8.29. The number of rotatable bonds is 3. The summed E-state index contributed by atoms with van der Waals surface area (Å²) in [5.41, 5.74) is 3.74. The second kappa shape index (κ2) is 7.63. The molecule has 2 aliphatic rings. The lowest BCUT2D eigenvalue weighted by Crippen LogP contribution is -2.15. The molecule has 1 aromatic carbocycles. The van der Waals surface area contributed by atoms with E-state index in [4.69, 9.17) is 0 Å². The fraction of sp³-hybridized carbons (Fsp3) is 0.444. The van der Waals surface area contributed by atoms with Gasteiger partial charge in [-0.2, -0.15) is 0 Å². The molecule has 1 N–H and O–H groups in total. The van der Waals surface area contributed by atoms with Gasteiger partial charge in [-0.05, 0) is 55.9 Å². The van der Waals surface area contributed by atoms with Gasteiger partial charge in [0.1, 0.15) is 11.1 Å². The maximum absolute atomic E-state index is 11.3. The molecule has 118 valence electrons. The first-order valence-corrected chi connectivity index (χ1v) is 8.80. The smallest absolute Gasteiger partial charge is 0.354 e. The Labute approximate surface area is 136 Å². The Balaban J connectivity index is 0.000000847. The standard InChI is InChI=1S/C16H17NO2S.C2H6/c1-10-5-4-6-11(9-10)20-15-13-8-3-2-7-12(13)14(17-15)16(18)19;1-2/h4-6,9,15H,2-3,7-8H2,1H3,(H,18,19);1-2H3. The third-order valence-corrected chi connectivity index (χ3v) is 4.92. The second-order valence-electron chi connectivity index (χ2n) is 5.28. The lowest BCUT2D eigenvalue weighted by Gasteiger charge is -2.18. The van der Waals surface area contributed by atoms with Gasteiger partial charge in [-0.25, -0.2) is 4.79 Å². The summed E-state index contributed by atoms with van der Waals surface area (Å²) in [6.45, 7) is 6.07. The number of nitrogens with zero attached hydrogens (tertiary/aromatic N) is 1. The highest BCUT2D eigenvalue weighted by molar-refractivity contribution is 8.00. The van der Waals surface area contributed by atoms with Crippen LogP contribution in [0.3, 0.4) is 0 Å². The predicted molar refractivity (Wildman–Crippen MR) is 92.7 cm³/mol. The van der Waals surface area contributed by atoms with E-state index < -0.39 is 5.97 Å². The number of carboxylic acids is 1. The highest BCUT2D eigenvalue weighted by Crippen LogP contribution is 2.41. The number of aliphatic carboxylic acids is 1. The quantitative estimate of drug-likeness (QED) is 0.867. The van der Waals surface area contributed by atoms with Crippen molar-refractivity contribution < 1.29 is 9.90 Å². The van der Waals surface area contributed by atoms with E-state index in [1.807, 2.05) is 19.9 Å². The van der Waals surface area contributed by atoms with Gasteiger partial charge in [-0.15, -0.1) is 0 Å². The molecule has 1 aromatic rings. The van der Waals surface area contributed by atoms with Gasteiger partial charge in [-0.1, -0.05) is 43.3 Å². The highest BCUT2D eigenvalue weighted by atomic mass is 32.2. The van der Waals surface area contributed by atoms with Crippen LogP contribution in [0.5, 0.6) is 0 Å². The summed E-state index contributed by atoms with van der Waals surface area (Å²) < 4.78 is 0. The van der Waals surface area contributed by atoms with Crippen LogP contribution in [0, 0.1) is 6.92 Å². The molecule has 0 bridgehead atoms. The average molecular weight is 317 g/mol. The van der Waals surface area contributed by atoms with Crippen molar-refractivity contribution in [2.75, 3.05) is 0 Å². The molecule has 1 aliphatic carbocycles. The van der Waals surface area contributed by atoms with Gasteiger partial charge in [-0.3, -0.25) is 4.99 Å². The molecule has 3 nitrogen and oxygen atoms in total. The van der Waals surface area contributed by atoms with Gasteiger partial charge in [0.2, 0.25) is 0 Å². The normalized spacial score (nSPS) is 20.0. The van der Waals surface area contributed by atoms with E-state index in [0.29, 0.717) is 5.71 Å². The SMILES string of the molecule is CC.Cc1cccc(SC2N=C(C(=O)O)C3=C2CCCC3)c1. The number of carbonyl (C=O) groups is 1. The second-order valence-corrected chi connectivity index (χ2v) is 6.43. The molecule has 0 amide bonds. The molecule has 0 fully saturated rings. The van der Waals surface area contributed by atoms with Crippen molar-refractivity contribution in [3.8, 4) is 0 Å². The Morgan fingerprint density at radius 2 is 2.00 bits per heavy atom. The summed E-state index contributed by atoms with van der Waals surface area (Å²) in [5.74, 6) is -0.883. The Hall–Kier alpha value is -1.55. The summed E-state index contributed by atoms with van der Waals surface area (Å²) in [4.78, 5) is 17.0. The van der Waals surface area contributed by atoms with Crippen LogP contribution in [0.2, 0.25) is 0 Å². The number of carboxylic acid groups (broad SMARTS) is 1. The summed E-state index contributed by atoms with van der Waals surface area (Å²) in [6.07, 6.45) is 4.07. The lowest BCUT2D eigenvalue weighted by atomic mass is 9.91. The highest BCUT2D eigenvalue weighted by Gasteiger charge is 2.33. The predicted octanol–water partition coefficient (Wildman–Crippen LogP) is 4.85. The van der Waals surface area contributed by atoms with Gasteiger partial charge >= 0.3 is 5.97 Å². The number of thioether (sulfide) groups is 1. The van der Waals surface area contributed by atoms with E-state index in [0.717, 1.165) is 36.2 Å². The molecule has 4 heteroatoms. The van der Waals surface area contributed by atoms with Crippen LogP contribution in [0.4, 0.5) is 0 Å². The average Bonchev–Trinajstić information content (AvgIpc) is 2.89. The molecule has 0 radical (unpaired) electrons. The Morgan fingerprint density at radius 3 is 2.68 bits per heavy atom. The van der Waals surface area contributed by atoms with Crippen molar-refractivity contribution in [3.63, 3.8) is 0 Å². The zero-order chi connectivity index (χ0) is 16.1. The van der Waals surface area contributed by atoms with Crippen molar-refractivity contribution in [1.82, 2.24) is 0 Å². The van der Waals surface area contributed by atoms with Crippen LogP contribution in [0.25, 0.3) is 0 Å². The van der Waals surface area contributed by atoms with Crippen molar-refractivity contribution in [2.45, 2.75) is 56.7 Å². The monoisotopic (exact) mass is 317 g/mol. The molecular weight excluding hydrogens is 294 g/mol. The molecule has 1 atom stereocenters. The van der Waals surface area contributed by atoms with Crippen molar-refractivity contribution in [1.29, 1.82) is 0 Å². The minimum absolute atomic E-state index is 0.0433. The van der Waals surface area contributed by atoms with Gasteiger partial charge in [0.25, 0.3) is 0 Å². The molecule has 0 aromatic heterocycles. The minimum atomic E-state index is -0.883. The first kappa shape index (κ1) is 16.8. The van der Waals surface area contributed by atoms with Crippen molar-refractivity contribution in [3.05, 3.63) is 41.0 Å². The van der Waals surface area contributed by atoms with Crippen LogP contribution < -0.4 is 0 Å². The summed E-state index contributed by atoms with van der Waals surface area (Å²) >= 11 is 1.66. The van der Waals surface area contributed by atoms with E-state index in [1.165, 1.54) is 11.1 Å². The number of aliphatic imine (C=N–C) groups is 1. The molecule has 3 rings (SSSR count). The van der Waals surface area contributed by atoms with Gasteiger partial charge in [0.05, 0.1) is 0 Å². The van der Waals surface area contributed by atoms with Gasteiger partial charge < -0.3 is 5.11 Å². The maximum atomic E-state index is 11.3.